The topological polar surface area (TPSA) is 60.4 Å². The molecule has 0 bridgehead atoms. The van der Waals surface area contributed by atoms with E-state index < -0.39 is 17.8 Å². The molecule has 2 unspecified atom stereocenters. The molecule has 1 aliphatic rings. The Kier molecular flexibility index (Phi) is 5.44. The third-order valence-electron chi connectivity index (χ3n) is 4.34. The highest BCUT2D eigenvalue weighted by molar-refractivity contribution is 6.34. The fraction of sp³-hybridized carbons (Fsp3) is 0.250. The molecular weight excluding hydrogens is 375 g/mol. The van der Waals surface area contributed by atoms with Gasteiger partial charge in [-0.1, -0.05) is 35.3 Å². The van der Waals surface area contributed by atoms with Gasteiger partial charge in [-0.05, 0) is 55.2 Å². The van der Waals surface area contributed by atoms with Crippen molar-refractivity contribution in [3.8, 4) is 5.75 Å². The smallest absolute Gasteiger partial charge is 0.322 e. The maximum absolute atomic E-state index is 12.9. The number of hydrogen-bond acceptors (Lipinski definition) is 4. The summed E-state index contributed by atoms with van der Waals surface area (Å²) in [4.78, 5) is 37.2. The lowest BCUT2D eigenvalue weighted by Gasteiger charge is -2.28. The summed E-state index contributed by atoms with van der Waals surface area (Å²) in [6, 6.07) is 11.6. The predicted octanol–water partition coefficient (Wildman–Crippen LogP) is 4.55. The van der Waals surface area contributed by atoms with Crippen LogP contribution < -0.4 is 4.74 Å². The summed E-state index contributed by atoms with van der Waals surface area (Å²) in [5.74, 6) is -2.38. The zero-order valence-corrected chi connectivity index (χ0v) is 15.5. The molecule has 0 radical (unpaired) electrons. The summed E-state index contributed by atoms with van der Waals surface area (Å²) in [7, 11) is 0. The second-order valence-corrected chi connectivity index (χ2v) is 7.28. The zero-order chi connectivity index (χ0) is 18.8. The van der Waals surface area contributed by atoms with Crippen LogP contribution in [0.25, 0.3) is 0 Å². The molecular formula is C20H16Cl2O4. The Hall–Kier alpha value is -2.17. The van der Waals surface area contributed by atoms with Gasteiger partial charge in [-0.2, -0.15) is 0 Å². The molecule has 2 aromatic carbocycles. The highest BCUT2D eigenvalue weighted by Crippen LogP contribution is 2.35. The van der Waals surface area contributed by atoms with Gasteiger partial charge in [0.05, 0.1) is 5.56 Å². The quantitative estimate of drug-likeness (QED) is 0.426. The number of hydrogen-bond donors (Lipinski definition) is 0. The van der Waals surface area contributed by atoms with Crippen molar-refractivity contribution >= 4 is 40.7 Å². The number of ether oxygens (including phenoxy) is 1. The number of ketones is 2. The van der Waals surface area contributed by atoms with Gasteiger partial charge in [0.2, 0.25) is 0 Å². The second kappa shape index (κ2) is 7.60. The summed E-state index contributed by atoms with van der Waals surface area (Å²) >= 11 is 12.1. The summed E-state index contributed by atoms with van der Waals surface area (Å²) in [6.45, 7) is 1.44. The molecule has 26 heavy (non-hydrogen) atoms. The van der Waals surface area contributed by atoms with Gasteiger partial charge < -0.3 is 9.53 Å². The minimum Gasteiger partial charge on any atom is -0.425 e. The molecule has 0 aromatic heterocycles. The minimum absolute atomic E-state index is 0.0812. The summed E-state index contributed by atoms with van der Waals surface area (Å²) < 4.78 is 5.34. The standard InChI is InChI=1S/C20H16Cl2O4/c1-11(23)6-13(7-12-8-14(21)10-15(22)9-12)18-19(24)16-4-2-3-5-17(16)26-20(18)25/h2-5,8-10,13,18H,6-7H2,1H3. The van der Waals surface area contributed by atoms with Crippen molar-refractivity contribution in [3.63, 3.8) is 0 Å². The van der Waals surface area contributed by atoms with Gasteiger partial charge in [0.1, 0.15) is 17.5 Å². The van der Waals surface area contributed by atoms with Crippen LogP contribution in [0.3, 0.4) is 0 Å². The van der Waals surface area contributed by atoms with Crippen molar-refractivity contribution in [1.29, 1.82) is 0 Å². The normalized spacial score (nSPS) is 17.4. The number of esters is 1. The van der Waals surface area contributed by atoms with E-state index in [4.69, 9.17) is 27.9 Å². The Morgan fingerprint density at radius 3 is 2.42 bits per heavy atom. The molecule has 2 atom stereocenters. The fourth-order valence-corrected chi connectivity index (χ4v) is 3.89. The van der Waals surface area contributed by atoms with E-state index >= 15 is 0 Å². The van der Waals surface area contributed by atoms with Crippen molar-refractivity contribution in [2.45, 2.75) is 19.8 Å². The van der Waals surface area contributed by atoms with Gasteiger partial charge in [-0.3, -0.25) is 9.59 Å². The van der Waals surface area contributed by atoms with Crippen molar-refractivity contribution in [2.75, 3.05) is 0 Å². The van der Waals surface area contributed by atoms with Gasteiger partial charge >= 0.3 is 5.97 Å². The van der Waals surface area contributed by atoms with Crippen LogP contribution in [-0.2, 0) is 16.0 Å². The molecule has 4 nitrogen and oxygen atoms in total. The number of benzene rings is 2. The lowest BCUT2D eigenvalue weighted by atomic mass is 9.78. The molecule has 6 heteroatoms. The van der Waals surface area contributed by atoms with Crippen molar-refractivity contribution in [2.24, 2.45) is 11.8 Å². The average Bonchev–Trinajstić information content (AvgIpc) is 2.53. The number of halogens is 2. The summed E-state index contributed by atoms with van der Waals surface area (Å²) in [5.41, 5.74) is 1.11. The molecule has 1 heterocycles. The van der Waals surface area contributed by atoms with Crippen LogP contribution in [0, 0.1) is 11.8 Å². The minimum atomic E-state index is -1.04. The van der Waals surface area contributed by atoms with Gasteiger partial charge in [-0.15, -0.1) is 0 Å². The van der Waals surface area contributed by atoms with Crippen LogP contribution in [0.4, 0.5) is 0 Å². The Labute approximate surface area is 161 Å². The van der Waals surface area contributed by atoms with Crippen LogP contribution in [0.5, 0.6) is 5.75 Å². The fourth-order valence-electron chi connectivity index (χ4n) is 3.32. The molecule has 134 valence electrons. The predicted molar refractivity (Wildman–Crippen MR) is 98.9 cm³/mol. The lowest BCUT2D eigenvalue weighted by Crippen LogP contribution is -2.40. The van der Waals surface area contributed by atoms with Gasteiger partial charge in [0, 0.05) is 16.5 Å². The molecule has 3 rings (SSSR count). The summed E-state index contributed by atoms with van der Waals surface area (Å²) in [5, 5.41) is 0.911. The van der Waals surface area contributed by atoms with Crippen molar-refractivity contribution < 1.29 is 19.1 Å². The molecule has 0 N–H and O–H groups in total. The highest BCUT2D eigenvalue weighted by atomic mass is 35.5. The molecule has 0 aliphatic carbocycles. The van der Waals surface area contributed by atoms with Crippen LogP contribution in [-0.4, -0.2) is 17.5 Å². The zero-order valence-electron chi connectivity index (χ0n) is 14.0. The number of Topliss-reactive ketones (excluding diaryl/α,β-unsaturated/α-hetero) is 2. The van der Waals surface area contributed by atoms with Gasteiger partial charge in [-0.25, -0.2) is 0 Å². The Morgan fingerprint density at radius 2 is 1.77 bits per heavy atom. The number of para-hydroxylation sites is 1. The first kappa shape index (κ1) is 18.6. The molecule has 0 amide bonds. The molecule has 0 fully saturated rings. The number of carbonyl (C=O) groups excluding carboxylic acids is 3. The van der Waals surface area contributed by atoms with Crippen LogP contribution in [0.2, 0.25) is 10.0 Å². The first-order valence-electron chi connectivity index (χ1n) is 8.14. The maximum atomic E-state index is 12.9. The molecule has 1 aliphatic heterocycles. The molecule has 0 spiro atoms. The highest BCUT2D eigenvalue weighted by Gasteiger charge is 2.42. The SMILES string of the molecule is CC(=O)CC(Cc1cc(Cl)cc(Cl)c1)C1C(=O)Oc2ccccc2C1=O. The monoisotopic (exact) mass is 390 g/mol. The number of fused-ring (bicyclic) bond motifs is 1. The van der Waals surface area contributed by atoms with E-state index in [1.54, 1.807) is 42.5 Å². The van der Waals surface area contributed by atoms with Gasteiger partial charge in [0.15, 0.2) is 5.78 Å². The van der Waals surface area contributed by atoms with Crippen LogP contribution in [0.1, 0.15) is 29.3 Å². The molecule has 0 saturated heterocycles. The molecule has 0 saturated carbocycles. The van der Waals surface area contributed by atoms with E-state index in [-0.39, 0.29) is 23.7 Å². The van der Waals surface area contributed by atoms with E-state index in [9.17, 15) is 14.4 Å². The third kappa shape index (κ3) is 3.97. The van der Waals surface area contributed by atoms with Gasteiger partial charge in [0.25, 0.3) is 0 Å². The van der Waals surface area contributed by atoms with Crippen LogP contribution >= 0.6 is 23.2 Å². The Balaban J connectivity index is 1.96. The van der Waals surface area contributed by atoms with E-state index in [1.165, 1.54) is 6.92 Å². The lowest BCUT2D eigenvalue weighted by molar-refractivity contribution is -0.139. The van der Waals surface area contributed by atoms with E-state index in [2.05, 4.69) is 0 Å². The third-order valence-corrected chi connectivity index (χ3v) is 4.78. The van der Waals surface area contributed by atoms with Crippen molar-refractivity contribution in [3.05, 3.63) is 63.6 Å². The molecule has 2 aromatic rings. The average molecular weight is 391 g/mol. The second-order valence-electron chi connectivity index (χ2n) is 6.41. The Morgan fingerprint density at radius 1 is 1.12 bits per heavy atom. The van der Waals surface area contributed by atoms with Crippen LogP contribution in [0.15, 0.2) is 42.5 Å². The van der Waals surface area contributed by atoms with E-state index in [1.807, 2.05) is 0 Å². The number of carbonyl (C=O) groups is 3. The Bertz CT molecular complexity index is 871. The van der Waals surface area contributed by atoms with E-state index in [0.717, 1.165) is 5.56 Å². The van der Waals surface area contributed by atoms with Crippen molar-refractivity contribution in [1.82, 2.24) is 0 Å². The maximum Gasteiger partial charge on any atom is 0.322 e. The van der Waals surface area contributed by atoms with E-state index in [0.29, 0.717) is 22.0 Å². The largest absolute Gasteiger partial charge is 0.425 e. The summed E-state index contributed by atoms with van der Waals surface area (Å²) in [6.07, 6.45) is 0.394. The number of rotatable bonds is 5. The first-order chi connectivity index (χ1) is 12.3. The first-order valence-corrected chi connectivity index (χ1v) is 8.90.